The summed E-state index contributed by atoms with van der Waals surface area (Å²) in [5.74, 6) is -0.234. The number of carboxylic acid groups (broad SMARTS) is 2. The van der Waals surface area contributed by atoms with Crippen molar-refractivity contribution in [2.24, 2.45) is 0 Å². The Bertz CT molecular complexity index is 249. The van der Waals surface area contributed by atoms with E-state index in [0.717, 1.165) is 12.8 Å². The molecule has 0 aliphatic heterocycles. The molecule has 0 spiro atoms. The van der Waals surface area contributed by atoms with Gasteiger partial charge in [-0.3, -0.25) is 0 Å². The molecule has 0 atom stereocenters. The summed E-state index contributed by atoms with van der Waals surface area (Å²) in [6.07, 6.45) is 4.03. The molecular weight excluding hydrogens is 212 g/mol. The standard InChI is InChI=1S/C10H16O2.CH2O3/c1-8(2)10(11)12-9-6-4-3-5-7-9;2-1(3)4/h9H,1,3-7H2,2H3;(H2,2,3,4). The molecule has 0 aromatic carbocycles. The first-order chi connectivity index (χ1) is 7.43. The van der Waals surface area contributed by atoms with E-state index in [1.54, 1.807) is 6.92 Å². The number of ether oxygens (including phenoxy) is 1. The van der Waals surface area contributed by atoms with Crippen molar-refractivity contribution in [2.75, 3.05) is 0 Å². The smallest absolute Gasteiger partial charge is 0.459 e. The Kier molecular flexibility index (Phi) is 7.00. The molecule has 0 aromatic heterocycles. The molecule has 0 saturated heterocycles. The second kappa shape index (κ2) is 7.73. The molecule has 5 heteroatoms. The summed E-state index contributed by atoms with van der Waals surface area (Å²) in [5.41, 5.74) is 0.501. The van der Waals surface area contributed by atoms with Crippen LogP contribution in [0, 0.1) is 0 Å². The van der Waals surface area contributed by atoms with E-state index in [9.17, 15) is 4.79 Å². The minimum Gasteiger partial charge on any atom is -0.459 e. The van der Waals surface area contributed by atoms with Gasteiger partial charge in [0.15, 0.2) is 0 Å². The lowest BCUT2D eigenvalue weighted by Gasteiger charge is -2.21. The molecule has 0 unspecified atom stereocenters. The second-order valence-corrected chi connectivity index (χ2v) is 3.73. The van der Waals surface area contributed by atoms with Crippen molar-refractivity contribution in [1.29, 1.82) is 0 Å². The van der Waals surface area contributed by atoms with Crippen LogP contribution in [0.2, 0.25) is 0 Å². The Labute approximate surface area is 94.7 Å². The van der Waals surface area contributed by atoms with Crippen LogP contribution in [0.3, 0.4) is 0 Å². The fourth-order valence-corrected chi connectivity index (χ4v) is 1.43. The molecule has 1 aliphatic rings. The van der Waals surface area contributed by atoms with E-state index >= 15 is 0 Å². The van der Waals surface area contributed by atoms with Gasteiger partial charge in [-0.1, -0.05) is 13.0 Å². The van der Waals surface area contributed by atoms with E-state index < -0.39 is 6.16 Å². The summed E-state index contributed by atoms with van der Waals surface area (Å²) in [6.45, 7) is 5.23. The fraction of sp³-hybridized carbons (Fsp3) is 0.636. The highest BCUT2D eigenvalue weighted by atomic mass is 16.6. The zero-order chi connectivity index (χ0) is 12.6. The molecule has 0 radical (unpaired) electrons. The number of rotatable bonds is 2. The van der Waals surface area contributed by atoms with Crippen molar-refractivity contribution < 1.29 is 24.5 Å². The van der Waals surface area contributed by atoms with Gasteiger partial charge in [0.1, 0.15) is 6.10 Å². The van der Waals surface area contributed by atoms with Gasteiger partial charge in [-0.05, 0) is 32.6 Å². The lowest BCUT2D eigenvalue weighted by Crippen LogP contribution is -2.20. The highest BCUT2D eigenvalue weighted by Gasteiger charge is 2.17. The lowest BCUT2D eigenvalue weighted by molar-refractivity contribution is -0.145. The SMILES string of the molecule is C=C(C)C(=O)OC1CCCCC1.O=C(O)O. The van der Waals surface area contributed by atoms with Gasteiger partial charge < -0.3 is 14.9 Å². The van der Waals surface area contributed by atoms with Crippen molar-refractivity contribution in [3.05, 3.63) is 12.2 Å². The maximum atomic E-state index is 11.1. The molecule has 2 N–H and O–H groups in total. The zero-order valence-corrected chi connectivity index (χ0v) is 9.44. The largest absolute Gasteiger partial charge is 0.503 e. The maximum absolute atomic E-state index is 11.1. The highest BCUT2D eigenvalue weighted by Crippen LogP contribution is 2.20. The third-order valence-electron chi connectivity index (χ3n) is 2.17. The van der Waals surface area contributed by atoms with Crippen LogP contribution in [-0.2, 0) is 9.53 Å². The lowest BCUT2D eigenvalue weighted by atomic mass is 9.98. The Balaban J connectivity index is 0.000000487. The molecule has 1 saturated carbocycles. The van der Waals surface area contributed by atoms with Crippen LogP contribution in [0.15, 0.2) is 12.2 Å². The molecule has 1 aliphatic carbocycles. The van der Waals surface area contributed by atoms with Gasteiger partial charge in [-0.15, -0.1) is 0 Å². The summed E-state index contributed by atoms with van der Waals surface area (Å²) in [6, 6.07) is 0. The van der Waals surface area contributed by atoms with Crippen molar-refractivity contribution >= 4 is 12.1 Å². The van der Waals surface area contributed by atoms with Crippen LogP contribution in [0.1, 0.15) is 39.0 Å². The van der Waals surface area contributed by atoms with Gasteiger partial charge in [0.25, 0.3) is 0 Å². The number of hydrogen-bond acceptors (Lipinski definition) is 3. The van der Waals surface area contributed by atoms with E-state index in [0.29, 0.717) is 5.57 Å². The van der Waals surface area contributed by atoms with Gasteiger partial charge in [0.2, 0.25) is 0 Å². The van der Waals surface area contributed by atoms with Crippen molar-refractivity contribution in [3.8, 4) is 0 Å². The van der Waals surface area contributed by atoms with Crippen molar-refractivity contribution in [2.45, 2.75) is 45.1 Å². The van der Waals surface area contributed by atoms with Crippen LogP contribution in [0.4, 0.5) is 4.79 Å². The van der Waals surface area contributed by atoms with E-state index in [1.807, 2.05) is 0 Å². The molecular formula is C11H18O5. The van der Waals surface area contributed by atoms with Gasteiger partial charge >= 0.3 is 12.1 Å². The van der Waals surface area contributed by atoms with E-state index in [-0.39, 0.29) is 12.1 Å². The van der Waals surface area contributed by atoms with Gasteiger partial charge in [-0.25, -0.2) is 9.59 Å². The molecule has 0 bridgehead atoms. The van der Waals surface area contributed by atoms with Gasteiger partial charge in [0, 0.05) is 5.57 Å². The molecule has 1 rings (SSSR count). The monoisotopic (exact) mass is 230 g/mol. The highest BCUT2D eigenvalue weighted by molar-refractivity contribution is 5.87. The average Bonchev–Trinajstić information content (AvgIpc) is 2.18. The van der Waals surface area contributed by atoms with Crippen LogP contribution >= 0.6 is 0 Å². The number of hydrogen-bond donors (Lipinski definition) is 2. The molecule has 0 amide bonds. The van der Waals surface area contributed by atoms with Crippen LogP contribution in [0.5, 0.6) is 0 Å². The average molecular weight is 230 g/mol. The predicted molar refractivity (Wildman–Crippen MR) is 58.4 cm³/mol. The van der Waals surface area contributed by atoms with E-state index in [1.165, 1.54) is 19.3 Å². The van der Waals surface area contributed by atoms with Crippen LogP contribution < -0.4 is 0 Å². The molecule has 5 nitrogen and oxygen atoms in total. The third kappa shape index (κ3) is 7.84. The Morgan fingerprint density at radius 1 is 1.19 bits per heavy atom. The van der Waals surface area contributed by atoms with Crippen molar-refractivity contribution in [1.82, 2.24) is 0 Å². The summed E-state index contributed by atoms with van der Waals surface area (Å²) >= 11 is 0. The number of carbonyl (C=O) groups is 2. The molecule has 16 heavy (non-hydrogen) atoms. The first-order valence-electron chi connectivity index (χ1n) is 5.22. The van der Waals surface area contributed by atoms with Gasteiger partial charge in [0.05, 0.1) is 0 Å². The second-order valence-electron chi connectivity index (χ2n) is 3.73. The molecule has 1 fully saturated rings. The molecule has 0 aromatic rings. The predicted octanol–water partition coefficient (Wildman–Crippen LogP) is 2.66. The zero-order valence-electron chi connectivity index (χ0n) is 9.44. The first-order valence-corrected chi connectivity index (χ1v) is 5.22. The Morgan fingerprint density at radius 3 is 2.00 bits per heavy atom. The number of carbonyl (C=O) groups excluding carboxylic acids is 1. The minimum absolute atomic E-state index is 0.156. The van der Waals surface area contributed by atoms with Gasteiger partial charge in [-0.2, -0.15) is 0 Å². The first kappa shape index (κ1) is 14.5. The van der Waals surface area contributed by atoms with E-state index in [4.69, 9.17) is 19.7 Å². The molecule has 92 valence electrons. The summed E-state index contributed by atoms with van der Waals surface area (Å²) < 4.78 is 5.21. The van der Waals surface area contributed by atoms with Crippen LogP contribution in [0.25, 0.3) is 0 Å². The van der Waals surface area contributed by atoms with E-state index in [2.05, 4.69) is 6.58 Å². The summed E-state index contributed by atoms with van der Waals surface area (Å²) in [5, 5.41) is 13.9. The summed E-state index contributed by atoms with van der Waals surface area (Å²) in [7, 11) is 0. The maximum Gasteiger partial charge on any atom is 0.503 e. The number of esters is 1. The van der Waals surface area contributed by atoms with Crippen molar-refractivity contribution in [3.63, 3.8) is 0 Å². The normalized spacial score (nSPS) is 15.6. The molecule has 0 heterocycles. The topological polar surface area (TPSA) is 83.8 Å². The summed E-state index contributed by atoms with van der Waals surface area (Å²) in [4.78, 5) is 19.6. The Hall–Kier alpha value is -1.52. The van der Waals surface area contributed by atoms with Crippen LogP contribution in [-0.4, -0.2) is 28.4 Å². The Morgan fingerprint density at radius 2 is 1.62 bits per heavy atom. The minimum atomic E-state index is -1.83. The fourth-order valence-electron chi connectivity index (χ4n) is 1.43. The quantitative estimate of drug-likeness (QED) is 0.562. The third-order valence-corrected chi connectivity index (χ3v) is 2.17.